The minimum atomic E-state index is -1.56. The zero-order chi connectivity index (χ0) is 24.1. The number of hydrogen-bond donors (Lipinski definition) is 3. The number of nitrogens with zero attached hydrogens (tertiary/aromatic N) is 2. The number of urea groups is 1. The molecular formula is C22H20FN5O5. The molecule has 0 bridgehead atoms. The second-order valence-corrected chi connectivity index (χ2v) is 7.34. The van der Waals surface area contributed by atoms with Crippen LogP contribution in [0.4, 0.5) is 20.6 Å². The molecule has 1 aliphatic heterocycles. The molecule has 33 heavy (non-hydrogen) atoms. The third kappa shape index (κ3) is 5.26. The van der Waals surface area contributed by atoms with Crippen LogP contribution in [-0.4, -0.2) is 35.9 Å². The lowest BCUT2D eigenvalue weighted by Gasteiger charge is -2.28. The van der Waals surface area contributed by atoms with Gasteiger partial charge in [0.1, 0.15) is 5.82 Å². The van der Waals surface area contributed by atoms with E-state index >= 15 is 0 Å². The minimum absolute atomic E-state index is 0.171. The van der Waals surface area contributed by atoms with E-state index in [1.54, 1.807) is 13.8 Å². The Balaban J connectivity index is 1.67. The highest BCUT2D eigenvalue weighted by atomic mass is 19.1. The number of carbonyl (C=O) groups is 5. The molecular weight excluding hydrogens is 433 g/mol. The van der Waals surface area contributed by atoms with Gasteiger partial charge in [0, 0.05) is 23.4 Å². The summed E-state index contributed by atoms with van der Waals surface area (Å²) in [6, 6.07) is 9.99. The molecule has 2 aromatic rings. The molecule has 1 heterocycles. The van der Waals surface area contributed by atoms with Crippen LogP contribution in [0.2, 0.25) is 0 Å². The third-order valence-corrected chi connectivity index (χ3v) is 4.62. The molecule has 1 atom stereocenters. The van der Waals surface area contributed by atoms with Gasteiger partial charge in [0.2, 0.25) is 11.8 Å². The van der Waals surface area contributed by atoms with Gasteiger partial charge in [0.05, 0.1) is 5.69 Å². The Kier molecular flexibility index (Phi) is 6.91. The molecule has 2 aromatic carbocycles. The smallest absolute Gasteiger partial charge is 0.326 e. The van der Waals surface area contributed by atoms with Gasteiger partial charge in [0.15, 0.2) is 5.92 Å². The lowest BCUT2D eigenvalue weighted by Crippen LogP contribution is -2.59. The molecule has 0 aromatic heterocycles. The Labute approximate surface area is 187 Å². The van der Waals surface area contributed by atoms with Gasteiger partial charge < -0.3 is 5.32 Å². The first kappa shape index (κ1) is 23.3. The maximum Gasteiger partial charge on any atom is 0.335 e. The highest BCUT2D eigenvalue weighted by Gasteiger charge is 2.41. The van der Waals surface area contributed by atoms with Crippen LogP contribution in [0.3, 0.4) is 0 Å². The number of rotatable bonds is 6. The van der Waals surface area contributed by atoms with Crippen LogP contribution in [0.5, 0.6) is 0 Å². The van der Waals surface area contributed by atoms with E-state index in [9.17, 15) is 28.4 Å². The maximum atomic E-state index is 14.1. The molecule has 10 nitrogen and oxygen atoms in total. The number of anilines is 2. The van der Waals surface area contributed by atoms with Gasteiger partial charge in [-0.05, 0) is 36.4 Å². The Morgan fingerprint density at radius 1 is 1.09 bits per heavy atom. The predicted molar refractivity (Wildman–Crippen MR) is 117 cm³/mol. The van der Waals surface area contributed by atoms with Crippen molar-refractivity contribution in [3.05, 3.63) is 59.9 Å². The van der Waals surface area contributed by atoms with Gasteiger partial charge >= 0.3 is 6.03 Å². The molecule has 1 saturated heterocycles. The molecule has 3 N–H and O–H groups in total. The van der Waals surface area contributed by atoms with E-state index in [0.717, 1.165) is 12.3 Å². The van der Waals surface area contributed by atoms with Crippen molar-refractivity contribution in [3.8, 4) is 0 Å². The zero-order valence-electron chi connectivity index (χ0n) is 17.7. The number of amides is 6. The standard InChI is InChI=1S/C22H20FN5O5/c1-12(2)18(29)25-14-9-7-13(8-10-14)19(30)27-24-11-15-20(31)26-22(33)28(21(15)32)17-6-4-3-5-16(17)23/h3-12,15H,1-2H3,(H,25,29)(H,27,30)(H,26,31,33). The van der Waals surface area contributed by atoms with Crippen LogP contribution < -0.4 is 21.0 Å². The zero-order valence-corrected chi connectivity index (χ0v) is 17.7. The van der Waals surface area contributed by atoms with Crippen molar-refractivity contribution < 1.29 is 28.4 Å². The predicted octanol–water partition coefficient (Wildman–Crippen LogP) is 2.03. The van der Waals surface area contributed by atoms with Crippen molar-refractivity contribution in [2.45, 2.75) is 13.8 Å². The monoisotopic (exact) mass is 453 g/mol. The van der Waals surface area contributed by atoms with E-state index in [-0.39, 0.29) is 23.1 Å². The van der Waals surface area contributed by atoms with E-state index in [0.29, 0.717) is 10.6 Å². The highest BCUT2D eigenvalue weighted by Crippen LogP contribution is 2.23. The van der Waals surface area contributed by atoms with Crippen molar-refractivity contribution in [3.63, 3.8) is 0 Å². The molecule has 1 fully saturated rings. The summed E-state index contributed by atoms with van der Waals surface area (Å²) < 4.78 is 14.1. The average Bonchev–Trinajstić information content (AvgIpc) is 2.77. The van der Waals surface area contributed by atoms with Crippen LogP contribution in [0, 0.1) is 17.7 Å². The lowest BCUT2D eigenvalue weighted by molar-refractivity contribution is -0.131. The summed E-state index contributed by atoms with van der Waals surface area (Å²) in [5, 5.41) is 8.28. The Morgan fingerprint density at radius 3 is 2.39 bits per heavy atom. The van der Waals surface area contributed by atoms with E-state index < -0.39 is 35.5 Å². The van der Waals surface area contributed by atoms with Gasteiger partial charge in [-0.15, -0.1) is 0 Å². The number of benzene rings is 2. The van der Waals surface area contributed by atoms with Crippen LogP contribution >= 0.6 is 0 Å². The number of hydrazone groups is 1. The van der Waals surface area contributed by atoms with Crippen LogP contribution in [0.25, 0.3) is 0 Å². The molecule has 0 spiro atoms. The summed E-state index contributed by atoms with van der Waals surface area (Å²) >= 11 is 0. The van der Waals surface area contributed by atoms with E-state index in [2.05, 4.69) is 15.8 Å². The molecule has 1 unspecified atom stereocenters. The van der Waals surface area contributed by atoms with E-state index in [1.165, 1.54) is 42.5 Å². The minimum Gasteiger partial charge on any atom is -0.326 e. The Morgan fingerprint density at radius 2 is 1.76 bits per heavy atom. The highest BCUT2D eigenvalue weighted by molar-refractivity contribution is 6.32. The van der Waals surface area contributed by atoms with Gasteiger partial charge in [-0.25, -0.2) is 19.5 Å². The number of imide groups is 2. The van der Waals surface area contributed by atoms with E-state index in [4.69, 9.17) is 0 Å². The fraction of sp³-hybridized carbons (Fsp3) is 0.182. The number of nitrogens with one attached hydrogen (secondary N) is 3. The number of carbonyl (C=O) groups excluding carboxylic acids is 5. The molecule has 1 aliphatic rings. The fourth-order valence-corrected chi connectivity index (χ4v) is 2.81. The topological polar surface area (TPSA) is 137 Å². The van der Waals surface area contributed by atoms with Gasteiger partial charge in [0.25, 0.3) is 11.8 Å². The van der Waals surface area contributed by atoms with Crippen molar-refractivity contribution in [2.24, 2.45) is 16.9 Å². The molecule has 0 radical (unpaired) electrons. The van der Waals surface area contributed by atoms with Crippen molar-refractivity contribution >= 4 is 47.2 Å². The molecule has 0 aliphatic carbocycles. The second kappa shape index (κ2) is 9.81. The lowest BCUT2D eigenvalue weighted by atomic mass is 10.1. The van der Waals surface area contributed by atoms with E-state index in [1.807, 2.05) is 5.32 Å². The summed E-state index contributed by atoms with van der Waals surface area (Å²) in [6.45, 7) is 3.50. The number of barbiturate groups is 1. The number of hydrogen-bond acceptors (Lipinski definition) is 6. The number of para-hydroxylation sites is 1. The molecule has 11 heteroatoms. The van der Waals surface area contributed by atoms with Crippen molar-refractivity contribution in [1.82, 2.24) is 10.7 Å². The van der Waals surface area contributed by atoms with Gasteiger partial charge in [-0.2, -0.15) is 5.10 Å². The summed E-state index contributed by atoms with van der Waals surface area (Å²) in [5.74, 6) is -5.37. The van der Waals surface area contributed by atoms with Crippen LogP contribution in [0.1, 0.15) is 24.2 Å². The SMILES string of the molecule is CC(C)C(=O)Nc1ccc(C(=O)NN=CC2C(=O)NC(=O)N(c3ccccc3F)C2=O)cc1. The van der Waals surface area contributed by atoms with Crippen molar-refractivity contribution in [2.75, 3.05) is 10.2 Å². The van der Waals surface area contributed by atoms with Crippen LogP contribution in [-0.2, 0) is 14.4 Å². The Hall–Kier alpha value is -4.41. The first-order valence-corrected chi connectivity index (χ1v) is 9.87. The van der Waals surface area contributed by atoms with Crippen LogP contribution in [0.15, 0.2) is 53.6 Å². The first-order chi connectivity index (χ1) is 15.7. The summed E-state index contributed by atoms with van der Waals surface area (Å²) in [7, 11) is 0. The maximum absolute atomic E-state index is 14.1. The summed E-state index contributed by atoms with van der Waals surface area (Å²) in [6.07, 6.45) is 0.854. The quantitative estimate of drug-likeness (QED) is 0.349. The molecule has 3 rings (SSSR count). The molecule has 170 valence electrons. The molecule has 0 saturated carbocycles. The van der Waals surface area contributed by atoms with Crippen molar-refractivity contribution in [1.29, 1.82) is 0 Å². The second-order valence-electron chi connectivity index (χ2n) is 7.34. The Bertz CT molecular complexity index is 1150. The third-order valence-electron chi connectivity index (χ3n) is 4.62. The first-order valence-electron chi connectivity index (χ1n) is 9.87. The number of halogens is 1. The fourth-order valence-electron chi connectivity index (χ4n) is 2.81. The normalized spacial score (nSPS) is 16.2. The summed E-state index contributed by atoms with van der Waals surface area (Å²) in [5.41, 5.74) is 2.57. The van der Waals surface area contributed by atoms with Gasteiger partial charge in [-0.1, -0.05) is 26.0 Å². The molecule has 6 amide bonds. The summed E-state index contributed by atoms with van der Waals surface area (Å²) in [4.78, 5) is 61.3. The average molecular weight is 453 g/mol. The largest absolute Gasteiger partial charge is 0.335 e. The van der Waals surface area contributed by atoms with Gasteiger partial charge in [-0.3, -0.25) is 24.5 Å².